The molecule has 2 aromatic heterocycles. The molecule has 38 heavy (non-hydrogen) atoms. The quantitative estimate of drug-likeness (QED) is 0.370. The minimum absolute atomic E-state index is 0.0116. The number of H-pyrrole nitrogens is 1. The van der Waals surface area contributed by atoms with Gasteiger partial charge in [0.2, 0.25) is 5.91 Å². The number of nitrogens with one attached hydrogen (secondary N) is 3. The van der Waals surface area contributed by atoms with Crippen molar-refractivity contribution in [2.45, 2.75) is 50.6 Å². The summed E-state index contributed by atoms with van der Waals surface area (Å²) in [6.45, 7) is 0.574. The number of nitrogens with zero attached hydrogens (tertiary/aromatic N) is 2. The highest BCUT2D eigenvalue weighted by molar-refractivity contribution is 6.08. The predicted molar refractivity (Wildman–Crippen MR) is 138 cm³/mol. The molecule has 5 rings (SSSR count). The normalized spacial score (nSPS) is 19.2. The number of benzene rings is 1. The maximum Gasteiger partial charge on any atom is 0.255 e. The second-order valence-electron chi connectivity index (χ2n) is 9.91. The van der Waals surface area contributed by atoms with Crippen molar-refractivity contribution < 1.29 is 28.2 Å². The predicted octanol–water partition coefficient (Wildman–Crippen LogP) is 3.37. The molecule has 2 aliphatic rings. The Morgan fingerprint density at radius 2 is 1.76 bits per heavy atom. The largest absolute Gasteiger partial charge is 0.494 e. The molecular weight excluding hydrogens is 493 g/mol. The van der Waals surface area contributed by atoms with Crippen LogP contribution in [0.15, 0.2) is 24.7 Å². The van der Waals surface area contributed by atoms with Crippen molar-refractivity contribution in [1.29, 1.82) is 0 Å². The number of amides is 2. The molecular formula is C27H32FN5O5. The van der Waals surface area contributed by atoms with E-state index in [1.54, 1.807) is 6.20 Å². The summed E-state index contributed by atoms with van der Waals surface area (Å²) < 4.78 is 30.8. The summed E-state index contributed by atoms with van der Waals surface area (Å²) >= 11 is 0. The number of hydrogen-bond acceptors (Lipinski definition) is 7. The van der Waals surface area contributed by atoms with Gasteiger partial charge in [-0.3, -0.25) is 9.59 Å². The van der Waals surface area contributed by atoms with Gasteiger partial charge in [-0.2, -0.15) is 0 Å². The van der Waals surface area contributed by atoms with Gasteiger partial charge >= 0.3 is 0 Å². The van der Waals surface area contributed by atoms with Crippen LogP contribution < -0.4 is 20.1 Å². The van der Waals surface area contributed by atoms with Crippen LogP contribution in [0.2, 0.25) is 0 Å². The van der Waals surface area contributed by atoms with Crippen molar-refractivity contribution >= 4 is 22.8 Å². The van der Waals surface area contributed by atoms with Crippen molar-refractivity contribution in [3.63, 3.8) is 0 Å². The molecule has 2 amide bonds. The molecule has 2 heterocycles. The van der Waals surface area contributed by atoms with E-state index in [9.17, 15) is 14.0 Å². The molecule has 0 aliphatic heterocycles. The average molecular weight is 526 g/mol. The van der Waals surface area contributed by atoms with Crippen LogP contribution in [0.5, 0.6) is 11.5 Å². The minimum atomic E-state index is -0.536. The number of halogens is 1. The molecule has 0 unspecified atom stereocenters. The second-order valence-corrected chi connectivity index (χ2v) is 9.91. The van der Waals surface area contributed by atoms with Gasteiger partial charge < -0.3 is 29.8 Å². The molecule has 0 atom stereocenters. The van der Waals surface area contributed by atoms with Crippen LogP contribution in [0.4, 0.5) is 4.39 Å². The third-order valence-electron chi connectivity index (χ3n) is 7.09. The molecule has 0 saturated heterocycles. The topological polar surface area (TPSA) is 127 Å². The van der Waals surface area contributed by atoms with Crippen molar-refractivity contribution in [3.8, 4) is 22.8 Å². The lowest BCUT2D eigenvalue weighted by molar-refractivity contribution is -0.125. The Labute approximate surface area is 219 Å². The minimum Gasteiger partial charge on any atom is -0.494 e. The number of ether oxygens (including phenoxy) is 3. The third-order valence-corrected chi connectivity index (χ3v) is 7.09. The smallest absolute Gasteiger partial charge is 0.255 e. The highest BCUT2D eigenvalue weighted by Crippen LogP contribution is 2.39. The molecule has 11 heteroatoms. The van der Waals surface area contributed by atoms with Crippen LogP contribution in [0, 0.1) is 11.7 Å². The van der Waals surface area contributed by atoms with E-state index in [2.05, 4.69) is 25.6 Å². The Bertz CT molecular complexity index is 1320. The molecule has 0 radical (unpaired) electrons. The summed E-state index contributed by atoms with van der Waals surface area (Å²) in [4.78, 5) is 36.8. The molecule has 202 valence electrons. The van der Waals surface area contributed by atoms with Crippen LogP contribution in [-0.2, 0) is 9.53 Å². The number of rotatable bonds is 10. The Balaban J connectivity index is 1.33. The monoisotopic (exact) mass is 525 g/mol. The number of hydrogen-bond donors (Lipinski definition) is 3. The number of methoxy groups -OCH3 is 2. The van der Waals surface area contributed by atoms with Crippen molar-refractivity contribution in [3.05, 3.63) is 36.0 Å². The third kappa shape index (κ3) is 5.72. The Hall–Kier alpha value is -3.73. The van der Waals surface area contributed by atoms with E-state index < -0.39 is 5.82 Å². The highest BCUT2D eigenvalue weighted by Gasteiger charge is 2.27. The first-order chi connectivity index (χ1) is 18.5. The standard InChI is InChI=1S/C27H32FN5O5/c1-36-13-23(34)32-16-5-7-17(8-6-16)33-27(35)19-11-29-26-24(30-14-31-25(19)26)18-9-20(28)22(37-2)10-21(18)38-12-15-3-4-15/h9-11,14-17,29H,3-8,12-13H2,1-2H3,(H,32,34)(H,33,35)/t16-,17-. The summed E-state index contributed by atoms with van der Waals surface area (Å²) in [5, 5.41) is 6.05. The highest BCUT2D eigenvalue weighted by atomic mass is 19.1. The van der Waals surface area contributed by atoms with E-state index in [1.807, 2.05) is 0 Å². The molecule has 2 fully saturated rings. The summed E-state index contributed by atoms with van der Waals surface area (Å²) in [6.07, 6.45) is 8.23. The molecule has 2 saturated carbocycles. The van der Waals surface area contributed by atoms with Crippen molar-refractivity contribution in [2.24, 2.45) is 5.92 Å². The molecule has 0 spiro atoms. The Morgan fingerprint density at radius 1 is 1.03 bits per heavy atom. The van der Waals surface area contributed by atoms with Gasteiger partial charge in [-0.25, -0.2) is 14.4 Å². The summed E-state index contributed by atoms with van der Waals surface area (Å²) in [7, 11) is 2.90. The molecule has 0 bridgehead atoms. The van der Waals surface area contributed by atoms with Gasteiger partial charge in [0, 0.05) is 37.0 Å². The van der Waals surface area contributed by atoms with Gasteiger partial charge in [0.1, 0.15) is 29.9 Å². The summed E-state index contributed by atoms with van der Waals surface area (Å²) in [6, 6.07) is 2.94. The molecule has 3 aromatic rings. The zero-order chi connectivity index (χ0) is 26.6. The van der Waals surface area contributed by atoms with Crippen molar-refractivity contribution in [1.82, 2.24) is 25.6 Å². The maximum atomic E-state index is 14.7. The first-order valence-corrected chi connectivity index (χ1v) is 12.9. The average Bonchev–Trinajstić information content (AvgIpc) is 3.64. The molecule has 2 aliphatic carbocycles. The molecule has 1 aromatic carbocycles. The van der Waals surface area contributed by atoms with E-state index in [0.717, 1.165) is 38.5 Å². The van der Waals surface area contributed by atoms with Crippen molar-refractivity contribution in [2.75, 3.05) is 27.4 Å². The number of aromatic amines is 1. The van der Waals surface area contributed by atoms with Gasteiger partial charge in [-0.05, 0) is 50.5 Å². The van der Waals surface area contributed by atoms with Gasteiger partial charge in [0.05, 0.1) is 24.8 Å². The number of fused-ring (bicyclic) bond motifs is 1. The Kier molecular flexibility index (Phi) is 7.73. The fraction of sp³-hybridized carbons (Fsp3) is 0.481. The van der Waals surface area contributed by atoms with Crippen LogP contribution in [0.3, 0.4) is 0 Å². The van der Waals surface area contributed by atoms with E-state index in [-0.39, 0.29) is 36.3 Å². The van der Waals surface area contributed by atoms with Crippen LogP contribution in [0.25, 0.3) is 22.3 Å². The lowest BCUT2D eigenvalue weighted by Crippen LogP contribution is -2.44. The van der Waals surface area contributed by atoms with E-state index in [0.29, 0.717) is 46.1 Å². The Morgan fingerprint density at radius 3 is 2.45 bits per heavy atom. The van der Waals surface area contributed by atoms with Crippen LogP contribution >= 0.6 is 0 Å². The maximum absolute atomic E-state index is 14.7. The van der Waals surface area contributed by atoms with Gasteiger partial charge in [-0.1, -0.05) is 0 Å². The van der Waals surface area contributed by atoms with Gasteiger partial charge in [0.25, 0.3) is 5.91 Å². The molecule has 10 nitrogen and oxygen atoms in total. The second kappa shape index (κ2) is 11.3. The van der Waals surface area contributed by atoms with Gasteiger partial charge in [0.15, 0.2) is 11.6 Å². The number of carbonyl (C=O) groups is 2. The fourth-order valence-electron chi connectivity index (χ4n) is 4.85. The first-order valence-electron chi connectivity index (χ1n) is 12.9. The number of carbonyl (C=O) groups excluding carboxylic acids is 2. The fourth-order valence-corrected chi connectivity index (χ4v) is 4.85. The summed E-state index contributed by atoms with van der Waals surface area (Å²) in [5.74, 6) is 0.133. The SMILES string of the molecule is COCC(=O)N[C@H]1CC[C@H](NC(=O)c2c[nH]c3c(-c4cc(F)c(OC)cc4OCC4CC4)ncnc23)CC1. The van der Waals surface area contributed by atoms with E-state index in [1.165, 1.54) is 32.7 Å². The first kappa shape index (κ1) is 25.9. The van der Waals surface area contributed by atoms with Gasteiger partial charge in [-0.15, -0.1) is 0 Å². The van der Waals surface area contributed by atoms with E-state index in [4.69, 9.17) is 14.2 Å². The lowest BCUT2D eigenvalue weighted by Gasteiger charge is -2.29. The molecule has 3 N–H and O–H groups in total. The van der Waals surface area contributed by atoms with E-state index >= 15 is 0 Å². The van der Waals surface area contributed by atoms with Crippen LogP contribution in [0.1, 0.15) is 48.9 Å². The lowest BCUT2D eigenvalue weighted by atomic mass is 9.91. The zero-order valence-electron chi connectivity index (χ0n) is 21.5. The number of aromatic nitrogens is 3. The zero-order valence-corrected chi connectivity index (χ0v) is 21.5. The van der Waals surface area contributed by atoms with Crippen LogP contribution in [-0.4, -0.2) is 66.3 Å². The summed E-state index contributed by atoms with van der Waals surface area (Å²) in [5.41, 5.74) is 2.24.